The summed E-state index contributed by atoms with van der Waals surface area (Å²) in [4.78, 5) is 4.17. The van der Waals surface area contributed by atoms with E-state index in [1.165, 1.54) is 0 Å². The highest BCUT2D eigenvalue weighted by Crippen LogP contribution is 2.26. The van der Waals surface area contributed by atoms with Crippen molar-refractivity contribution in [3.05, 3.63) is 11.7 Å². The van der Waals surface area contributed by atoms with E-state index in [9.17, 15) is 0 Å². The second-order valence-electron chi connectivity index (χ2n) is 3.60. The van der Waals surface area contributed by atoms with Crippen molar-refractivity contribution in [2.24, 2.45) is 0 Å². The molecule has 1 aromatic rings. The molecule has 1 aliphatic rings. The first-order valence-corrected chi connectivity index (χ1v) is 4.88. The minimum Gasteiger partial charge on any atom is -0.393 e. The van der Waals surface area contributed by atoms with Crippen molar-refractivity contribution in [1.29, 1.82) is 0 Å². The Bertz CT molecular complexity index is 292. The molecule has 1 aromatic heterocycles. The summed E-state index contributed by atoms with van der Waals surface area (Å²) in [6.07, 6.45) is 1.94. The molecule has 78 valence electrons. The monoisotopic (exact) mass is 198 g/mol. The van der Waals surface area contributed by atoms with Gasteiger partial charge < -0.3 is 14.4 Å². The molecule has 0 aromatic carbocycles. The van der Waals surface area contributed by atoms with Crippen LogP contribution in [-0.4, -0.2) is 28.0 Å². The summed E-state index contributed by atoms with van der Waals surface area (Å²) in [6.45, 7) is 2.46. The average molecular weight is 198 g/mol. The van der Waals surface area contributed by atoms with Crippen LogP contribution < -0.4 is 0 Å². The molecule has 5 nitrogen and oxygen atoms in total. The molecule has 0 spiro atoms. The largest absolute Gasteiger partial charge is 0.393 e. The molecule has 2 rings (SSSR count). The quantitative estimate of drug-likeness (QED) is 0.779. The first-order chi connectivity index (χ1) is 6.75. The average Bonchev–Trinajstić information content (AvgIpc) is 2.69. The Labute approximate surface area is 82.1 Å². The fourth-order valence-corrected chi connectivity index (χ4v) is 1.52. The lowest BCUT2D eigenvalue weighted by Gasteiger charge is -2.01. The molecule has 0 bridgehead atoms. The topological polar surface area (TPSA) is 68.4 Å². The Morgan fingerprint density at radius 1 is 1.64 bits per heavy atom. The van der Waals surface area contributed by atoms with Crippen molar-refractivity contribution in [1.82, 2.24) is 10.1 Å². The van der Waals surface area contributed by atoms with Gasteiger partial charge in [-0.25, -0.2) is 0 Å². The zero-order chi connectivity index (χ0) is 9.97. The van der Waals surface area contributed by atoms with Gasteiger partial charge in [0.15, 0.2) is 0 Å². The summed E-state index contributed by atoms with van der Waals surface area (Å²) in [7, 11) is 0. The van der Waals surface area contributed by atoms with Crippen LogP contribution in [0.1, 0.15) is 37.6 Å². The SMILES string of the molecule is CC(O)Cc1nc(C2CCCO2)no1. The lowest BCUT2D eigenvalue weighted by Crippen LogP contribution is -2.05. The maximum Gasteiger partial charge on any atom is 0.229 e. The highest BCUT2D eigenvalue weighted by molar-refractivity contribution is 4.93. The van der Waals surface area contributed by atoms with Crippen LogP contribution in [0.15, 0.2) is 4.52 Å². The van der Waals surface area contributed by atoms with Gasteiger partial charge in [-0.05, 0) is 19.8 Å². The molecule has 0 saturated carbocycles. The normalized spacial score (nSPS) is 24.0. The van der Waals surface area contributed by atoms with Crippen LogP contribution in [0.25, 0.3) is 0 Å². The van der Waals surface area contributed by atoms with Crippen LogP contribution in [0.3, 0.4) is 0 Å². The van der Waals surface area contributed by atoms with Crippen molar-refractivity contribution in [2.75, 3.05) is 6.61 Å². The molecular weight excluding hydrogens is 184 g/mol. The Kier molecular flexibility index (Phi) is 2.79. The molecule has 2 heterocycles. The first kappa shape index (κ1) is 9.61. The van der Waals surface area contributed by atoms with Gasteiger partial charge in [-0.15, -0.1) is 0 Å². The van der Waals surface area contributed by atoms with Crippen molar-refractivity contribution in [3.8, 4) is 0 Å². The number of aliphatic hydroxyl groups excluding tert-OH is 1. The van der Waals surface area contributed by atoms with E-state index in [4.69, 9.17) is 14.4 Å². The van der Waals surface area contributed by atoms with Gasteiger partial charge in [-0.3, -0.25) is 0 Å². The highest BCUT2D eigenvalue weighted by atomic mass is 16.5. The molecular formula is C9H14N2O3. The molecule has 0 amide bonds. The van der Waals surface area contributed by atoms with Gasteiger partial charge in [-0.2, -0.15) is 4.98 Å². The Hall–Kier alpha value is -0.940. The van der Waals surface area contributed by atoms with E-state index in [1.807, 2.05) is 0 Å². The number of nitrogens with zero attached hydrogens (tertiary/aromatic N) is 2. The molecule has 2 atom stereocenters. The zero-order valence-corrected chi connectivity index (χ0v) is 8.14. The predicted octanol–water partition coefficient (Wildman–Crippen LogP) is 0.844. The number of hydrogen-bond acceptors (Lipinski definition) is 5. The van der Waals surface area contributed by atoms with Gasteiger partial charge in [0.1, 0.15) is 6.10 Å². The van der Waals surface area contributed by atoms with E-state index in [1.54, 1.807) is 6.92 Å². The molecule has 0 aliphatic carbocycles. The van der Waals surface area contributed by atoms with E-state index in [-0.39, 0.29) is 6.10 Å². The second-order valence-corrected chi connectivity index (χ2v) is 3.60. The van der Waals surface area contributed by atoms with Gasteiger partial charge in [0.05, 0.1) is 12.5 Å². The first-order valence-electron chi connectivity index (χ1n) is 4.88. The third-order valence-electron chi connectivity index (χ3n) is 2.17. The van der Waals surface area contributed by atoms with E-state index in [0.717, 1.165) is 19.4 Å². The lowest BCUT2D eigenvalue weighted by atomic mass is 10.2. The summed E-state index contributed by atoms with van der Waals surface area (Å²) >= 11 is 0. The number of rotatable bonds is 3. The molecule has 5 heteroatoms. The summed E-state index contributed by atoms with van der Waals surface area (Å²) in [6, 6.07) is 0. The highest BCUT2D eigenvalue weighted by Gasteiger charge is 2.23. The van der Waals surface area contributed by atoms with E-state index < -0.39 is 6.10 Å². The summed E-state index contributed by atoms with van der Waals surface area (Å²) in [5, 5.41) is 13.0. The number of aromatic nitrogens is 2. The standard InChI is InChI=1S/C9H14N2O3/c1-6(12)5-8-10-9(11-14-8)7-3-2-4-13-7/h6-7,12H,2-5H2,1H3. The van der Waals surface area contributed by atoms with Gasteiger partial charge in [0, 0.05) is 6.61 Å². The third-order valence-corrected chi connectivity index (χ3v) is 2.17. The van der Waals surface area contributed by atoms with Crippen molar-refractivity contribution < 1.29 is 14.4 Å². The van der Waals surface area contributed by atoms with Crippen molar-refractivity contribution in [3.63, 3.8) is 0 Å². The summed E-state index contributed by atoms with van der Waals surface area (Å²) in [5.74, 6) is 1.09. The molecule has 1 aliphatic heterocycles. The zero-order valence-electron chi connectivity index (χ0n) is 8.14. The maximum absolute atomic E-state index is 9.12. The number of ether oxygens (including phenoxy) is 1. The maximum atomic E-state index is 9.12. The number of hydrogen-bond donors (Lipinski definition) is 1. The Morgan fingerprint density at radius 2 is 2.50 bits per heavy atom. The van der Waals surface area contributed by atoms with Crippen molar-refractivity contribution >= 4 is 0 Å². The van der Waals surface area contributed by atoms with Gasteiger partial charge in [0.2, 0.25) is 11.7 Å². The fourth-order valence-electron chi connectivity index (χ4n) is 1.52. The van der Waals surface area contributed by atoms with E-state index >= 15 is 0 Å². The van der Waals surface area contributed by atoms with Gasteiger partial charge in [-0.1, -0.05) is 5.16 Å². The Balaban J connectivity index is 2.01. The Morgan fingerprint density at radius 3 is 3.14 bits per heavy atom. The van der Waals surface area contributed by atoms with Gasteiger partial charge in [0.25, 0.3) is 0 Å². The smallest absolute Gasteiger partial charge is 0.229 e. The van der Waals surface area contributed by atoms with Crippen LogP contribution in [-0.2, 0) is 11.2 Å². The summed E-state index contributed by atoms with van der Waals surface area (Å²) in [5.41, 5.74) is 0. The minimum atomic E-state index is -0.451. The molecule has 1 fully saturated rings. The van der Waals surface area contributed by atoms with Gasteiger partial charge >= 0.3 is 0 Å². The molecule has 14 heavy (non-hydrogen) atoms. The second kappa shape index (κ2) is 4.06. The predicted molar refractivity (Wildman–Crippen MR) is 47.6 cm³/mol. The van der Waals surface area contributed by atoms with Crippen LogP contribution >= 0.6 is 0 Å². The van der Waals surface area contributed by atoms with Crippen LogP contribution in [0.4, 0.5) is 0 Å². The van der Waals surface area contributed by atoms with Crippen LogP contribution in [0, 0.1) is 0 Å². The van der Waals surface area contributed by atoms with E-state index in [0.29, 0.717) is 18.1 Å². The molecule has 1 saturated heterocycles. The molecule has 1 N–H and O–H groups in total. The van der Waals surface area contributed by atoms with Crippen LogP contribution in [0.5, 0.6) is 0 Å². The summed E-state index contributed by atoms with van der Waals surface area (Å²) < 4.78 is 10.4. The number of aliphatic hydroxyl groups is 1. The van der Waals surface area contributed by atoms with Crippen LogP contribution in [0.2, 0.25) is 0 Å². The molecule has 2 unspecified atom stereocenters. The molecule has 0 radical (unpaired) electrons. The lowest BCUT2D eigenvalue weighted by molar-refractivity contribution is 0.103. The fraction of sp³-hybridized carbons (Fsp3) is 0.778. The van der Waals surface area contributed by atoms with E-state index in [2.05, 4.69) is 10.1 Å². The van der Waals surface area contributed by atoms with Crippen molar-refractivity contribution in [2.45, 2.75) is 38.4 Å². The minimum absolute atomic E-state index is 0.0125. The third kappa shape index (κ3) is 2.10.